The lowest BCUT2D eigenvalue weighted by Crippen LogP contribution is -2.30. The molecule has 0 radical (unpaired) electrons. The van der Waals surface area contributed by atoms with Crippen LogP contribution in [0.5, 0.6) is 0 Å². The lowest BCUT2D eigenvalue weighted by Gasteiger charge is -1.92. The molecule has 48 valence electrons. The number of aliphatic imine (C=N–C) groups is 1. The van der Waals surface area contributed by atoms with Gasteiger partial charge in [0.15, 0.2) is 0 Å². The Bertz CT molecular complexity index is 175. The third-order valence-electron chi connectivity index (χ3n) is 0.808. The molecule has 9 heavy (non-hydrogen) atoms. The van der Waals surface area contributed by atoms with Crippen LogP contribution >= 0.6 is 0 Å². The topological polar surface area (TPSA) is 70.6 Å². The van der Waals surface area contributed by atoms with Crippen molar-refractivity contribution in [2.75, 3.05) is 6.54 Å². The summed E-state index contributed by atoms with van der Waals surface area (Å²) < 4.78 is 0. The fourth-order valence-electron chi connectivity index (χ4n) is 0.415. The summed E-state index contributed by atoms with van der Waals surface area (Å²) in [6, 6.07) is -0.492. The Hall–Kier alpha value is -1.39. The summed E-state index contributed by atoms with van der Waals surface area (Å²) in [5.41, 5.74) is 0. The molecule has 0 aliphatic carbocycles. The smallest absolute Gasteiger partial charge is 0.327 e. The second kappa shape index (κ2) is 2.25. The van der Waals surface area contributed by atoms with Crippen LogP contribution in [-0.2, 0) is 4.79 Å². The maximum absolute atomic E-state index is 10.4. The quantitative estimate of drug-likeness (QED) is 0.431. The molecule has 1 rings (SSSR count). The Morgan fingerprint density at radius 2 is 2.33 bits per heavy atom. The molecule has 0 saturated heterocycles. The van der Waals surface area contributed by atoms with E-state index in [4.69, 9.17) is 0 Å². The van der Waals surface area contributed by atoms with E-state index in [1.807, 2.05) is 0 Å². The van der Waals surface area contributed by atoms with Gasteiger partial charge < -0.3 is 10.6 Å². The lowest BCUT2D eigenvalue weighted by molar-refractivity contribution is -0.118. The van der Waals surface area contributed by atoms with Crippen LogP contribution in [0.4, 0.5) is 4.79 Å². The summed E-state index contributed by atoms with van der Waals surface area (Å²) in [4.78, 5) is 24.0. The number of hydrogen-bond donors (Lipinski definition) is 2. The van der Waals surface area contributed by atoms with E-state index in [1.54, 1.807) is 0 Å². The first-order chi connectivity index (χ1) is 4.29. The normalized spacial score (nSPS) is 18.2. The molecule has 0 aromatic heterocycles. The Labute approximate surface area is 51.1 Å². The molecule has 2 N–H and O–H groups in total. The number of hydrogen-bond acceptors (Lipinski definition) is 2. The highest BCUT2D eigenvalue weighted by atomic mass is 16.2. The van der Waals surface area contributed by atoms with Crippen molar-refractivity contribution < 1.29 is 9.59 Å². The summed E-state index contributed by atoms with van der Waals surface area (Å²) >= 11 is 0. The van der Waals surface area contributed by atoms with Gasteiger partial charge in [0.2, 0.25) is 5.91 Å². The summed E-state index contributed by atoms with van der Waals surface area (Å²) in [6.07, 6.45) is 1.07. The van der Waals surface area contributed by atoms with Crippen LogP contribution in [0, 0.1) is 0 Å². The third kappa shape index (κ3) is 1.52. The molecule has 0 fully saturated rings. The van der Waals surface area contributed by atoms with Gasteiger partial charge in [0.25, 0.3) is 0 Å². The molecule has 3 amide bonds. The highest BCUT2D eigenvalue weighted by molar-refractivity contribution is 5.97. The molecule has 0 saturated carbocycles. The van der Waals surface area contributed by atoms with Crippen LogP contribution in [0.15, 0.2) is 4.99 Å². The first kappa shape index (κ1) is 5.74. The van der Waals surface area contributed by atoms with Gasteiger partial charge in [0.1, 0.15) is 6.34 Å². The SMILES string of the molecule is O=C1CNC(=O)N=CN1. The highest BCUT2D eigenvalue weighted by Gasteiger charge is 2.04. The van der Waals surface area contributed by atoms with Crippen LogP contribution < -0.4 is 10.6 Å². The molecule has 0 aromatic rings. The third-order valence-corrected chi connectivity index (χ3v) is 0.808. The van der Waals surface area contributed by atoms with Crippen LogP contribution in [-0.4, -0.2) is 24.8 Å². The van der Waals surface area contributed by atoms with Crippen LogP contribution in [0.2, 0.25) is 0 Å². The van der Waals surface area contributed by atoms with Gasteiger partial charge in [0.05, 0.1) is 6.54 Å². The number of urea groups is 1. The minimum atomic E-state index is -0.492. The molecular formula is C4H5N3O2. The first-order valence-electron chi connectivity index (χ1n) is 2.39. The van der Waals surface area contributed by atoms with Gasteiger partial charge in [0, 0.05) is 0 Å². The second-order valence-corrected chi connectivity index (χ2v) is 1.48. The molecule has 0 bridgehead atoms. The average molecular weight is 127 g/mol. The molecule has 0 atom stereocenters. The Balaban J connectivity index is 2.58. The molecular weight excluding hydrogens is 122 g/mol. The minimum Gasteiger partial charge on any atom is -0.327 e. The molecule has 1 heterocycles. The molecule has 0 spiro atoms. The predicted octanol–water partition coefficient (Wildman–Crippen LogP) is -1.15. The van der Waals surface area contributed by atoms with E-state index in [2.05, 4.69) is 15.6 Å². The summed E-state index contributed by atoms with van der Waals surface area (Å²) in [5, 5.41) is 4.51. The van der Waals surface area contributed by atoms with Crippen molar-refractivity contribution in [3.05, 3.63) is 0 Å². The van der Waals surface area contributed by atoms with E-state index in [1.165, 1.54) is 0 Å². The maximum atomic E-state index is 10.4. The Kier molecular flexibility index (Phi) is 1.44. The average Bonchev–Trinajstić information content (AvgIpc) is 1.97. The standard InChI is InChI=1S/C4H5N3O2/c8-3-1-5-4(9)7-2-6-3/h2H,1H2,(H2,5,6,7,8,9). The van der Waals surface area contributed by atoms with E-state index < -0.39 is 6.03 Å². The summed E-state index contributed by atoms with van der Waals surface area (Å²) in [5.74, 6) is -0.260. The number of carbonyl (C=O) groups is 2. The van der Waals surface area contributed by atoms with Gasteiger partial charge >= 0.3 is 6.03 Å². The van der Waals surface area contributed by atoms with Crippen molar-refractivity contribution in [1.82, 2.24) is 10.6 Å². The van der Waals surface area contributed by atoms with Crippen molar-refractivity contribution >= 4 is 18.3 Å². The maximum Gasteiger partial charge on any atom is 0.342 e. The van der Waals surface area contributed by atoms with Crippen molar-refractivity contribution in [3.8, 4) is 0 Å². The van der Waals surface area contributed by atoms with Gasteiger partial charge in [-0.2, -0.15) is 4.99 Å². The number of nitrogens with one attached hydrogen (secondary N) is 2. The van der Waals surface area contributed by atoms with Crippen molar-refractivity contribution in [3.63, 3.8) is 0 Å². The highest BCUT2D eigenvalue weighted by Crippen LogP contribution is 1.74. The zero-order chi connectivity index (χ0) is 6.69. The lowest BCUT2D eigenvalue weighted by atomic mass is 10.6. The summed E-state index contributed by atoms with van der Waals surface area (Å²) in [6.45, 7) is -0.00116. The van der Waals surface area contributed by atoms with E-state index in [0.717, 1.165) is 6.34 Å². The van der Waals surface area contributed by atoms with Crippen molar-refractivity contribution in [2.45, 2.75) is 0 Å². The zero-order valence-corrected chi connectivity index (χ0v) is 4.55. The molecule has 1 aliphatic heterocycles. The van der Waals surface area contributed by atoms with Crippen LogP contribution in [0.25, 0.3) is 0 Å². The van der Waals surface area contributed by atoms with E-state index in [-0.39, 0.29) is 12.5 Å². The Morgan fingerprint density at radius 1 is 1.56 bits per heavy atom. The Morgan fingerprint density at radius 3 is 3.11 bits per heavy atom. The van der Waals surface area contributed by atoms with Crippen LogP contribution in [0.3, 0.4) is 0 Å². The first-order valence-corrected chi connectivity index (χ1v) is 2.39. The van der Waals surface area contributed by atoms with Crippen molar-refractivity contribution in [2.24, 2.45) is 4.99 Å². The molecule has 5 nitrogen and oxygen atoms in total. The van der Waals surface area contributed by atoms with E-state index in [9.17, 15) is 9.59 Å². The fourth-order valence-corrected chi connectivity index (χ4v) is 0.415. The van der Waals surface area contributed by atoms with Crippen molar-refractivity contribution in [1.29, 1.82) is 0 Å². The van der Waals surface area contributed by atoms with Crippen LogP contribution in [0.1, 0.15) is 0 Å². The minimum absolute atomic E-state index is 0.00116. The van der Waals surface area contributed by atoms with Gasteiger partial charge in [-0.05, 0) is 0 Å². The molecule has 5 heteroatoms. The number of carbonyl (C=O) groups excluding carboxylic acids is 2. The summed E-state index contributed by atoms with van der Waals surface area (Å²) in [7, 11) is 0. The van der Waals surface area contributed by atoms with Gasteiger partial charge in [-0.3, -0.25) is 4.79 Å². The zero-order valence-electron chi connectivity index (χ0n) is 4.55. The monoisotopic (exact) mass is 127 g/mol. The molecule has 1 aliphatic rings. The number of nitrogens with zero attached hydrogens (tertiary/aromatic N) is 1. The molecule has 0 aromatic carbocycles. The van der Waals surface area contributed by atoms with Gasteiger partial charge in [-0.15, -0.1) is 0 Å². The molecule has 0 unspecified atom stereocenters. The van der Waals surface area contributed by atoms with E-state index >= 15 is 0 Å². The van der Waals surface area contributed by atoms with Gasteiger partial charge in [-0.25, -0.2) is 4.79 Å². The fraction of sp³-hybridized carbons (Fsp3) is 0.250. The van der Waals surface area contributed by atoms with Gasteiger partial charge in [-0.1, -0.05) is 0 Å². The second-order valence-electron chi connectivity index (χ2n) is 1.48. The van der Waals surface area contributed by atoms with E-state index in [0.29, 0.717) is 0 Å². The number of amides is 3. The largest absolute Gasteiger partial charge is 0.342 e. The predicted molar refractivity (Wildman–Crippen MR) is 30.0 cm³/mol. The number of rotatable bonds is 0.